The highest BCUT2D eigenvalue weighted by molar-refractivity contribution is 6.67. The second-order valence-corrected chi connectivity index (χ2v) is 19.0. The van der Waals surface area contributed by atoms with E-state index in [2.05, 4.69) is 14.8 Å². The van der Waals surface area contributed by atoms with E-state index in [1.807, 2.05) is 0 Å². The van der Waals surface area contributed by atoms with E-state index in [0.717, 1.165) is 78.4 Å². The quantitative estimate of drug-likeness (QED) is 0.0700. The molecule has 8 rings (SSSR count). The third kappa shape index (κ3) is 17.5. The normalized spacial score (nSPS) is 13.3. The first-order chi connectivity index (χ1) is 40.5. The monoisotopic (exact) mass is 1270 g/mol. The van der Waals surface area contributed by atoms with E-state index < -0.39 is 123 Å². The van der Waals surface area contributed by atoms with Crippen molar-refractivity contribution in [1.82, 2.24) is 5.32 Å². The summed E-state index contributed by atoms with van der Waals surface area (Å²) < 4.78 is 273. The fraction of sp³-hybridized carbons (Fsp3) is 0.167. The van der Waals surface area contributed by atoms with Gasteiger partial charge in [0.25, 0.3) is 11.1 Å². The molecule has 0 heterocycles. The van der Waals surface area contributed by atoms with Crippen LogP contribution in [0, 0.1) is 34.9 Å². The fourth-order valence-electron chi connectivity index (χ4n) is 8.40. The number of carbonyl (C=O) groups is 2. The molecule has 87 heavy (non-hydrogen) atoms. The minimum Gasteiger partial charge on any atom is -0.428 e. The number of nitrogens with one attached hydrogen (secondary N) is 1. The highest BCUT2D eigenvalue weighted by Gasteiger charge is 2.46. The van der Waals surface area contributed by atoms with E-state index in [4.69, 9.17) is 17.3 Å². The SMILES string of the molecule is N[C@](Cc1ccccc1)(c1ccc(F)cc1)c1cc(F)cc(OC(F)(F)C(F)F)c1.O=C(Cl)c1ccc(F)c(C(F)(F)F)c1.O=C(N[C@](Cc1ccccc1)(c1ccc(F)cc1)c1cc(F)cc(OC(F)(F)C(F)F)c1)c1ccc(F)c(C(F)(F)F)c1. The van der Waals surface area contributed by atoms with Crippen LogP contribution in [0.4, 0.5) is 87.8 Å². The molecular formula is C60H39ClF20N2O4. The number of halogens is 21. The first-order valence-electron chi connectivity index (χ1n) is 24.5. The molecule has 0 saturated heterocycles. The Bertz CT molecular complexity index is 3650. The van der Waals surface area contributed by atoms with Crippen molar-refractivity contribution in [3.8, 4) is 11.5 Å². The number of carbonyl (C=O) groups excluding carboxylic acids is 2. The first kappa shape index (κ1) is 67.5. The average molecular weight is 1270 g/mol. The molecule has 0 saturated carbocycles. The van der Waals surface area contributed by atoms with E-state index in [1.54, 1.807) is 60.7 Å². The molecule has 0 aliphatic heterocycles. The predicted octanol–water partition coefficient (Wildman–Crippen LogP) is 17.1. The molecule has 0 radical (unpaired) electrons. The Kier molecular flexibility index (Phi) is 21.2. The maximum atomic E-state index is 14.9. The molecule has 2 atom stereocenters. The minimum absolute atomic E-state index is 0.00183. The van der Waals surface area contributed by atoms with E-state index >= 15 is 0 Å². The van der Waals surface area contributed by atoms with Gasteiger partial charge in [-0.3, -0.25) is 9.59 Å². The van der Waals surface area contributed by atoms with Crippen molar-refractivity contribution in [1.29, 1.82) is 0 Å². The minimum atomic E-state index is -5.18. The van der Waals surface area contributed by atoms with Gasteiger partial charge >= 0.3 is 37.4 Å². The van der Waals surface area contributed by atoms with E-state index in [1.165, 1.54) is 12.1 Å². The summed E-state index contributed by atoms with van der Waals surface area (Å²) in [5, 5.41) is 1.42. The van der Waals surface area contributed by atoms with Gasteiger partial charge in [-0.25, -0.2) is 26.3 Å². The summed E-state index contributed by atoms with van der Waals surface area (Å²) in [7, 11) is 0. The number of hydrogen-bond acceptors (Lipinski definition) is 5. The molecule has 0 bridgehead atoms. The van der Waals surface area contributed by atoms with Crippen molar-refractivity contribution in [2.24, 2.45) is 5.73 Å². The Morgan fingerprint density at radius 2 is 0.828 bits per heavy atom. The van der Waals surface area contributed by atoms with Crippen LogP contribution in [-0.2, 0) is 36.3 Å². The average Bonchev–Trinajstić information content (AvgIpc) is 1.31. The van der Waals surface area contributed by atoms with E-state index in [9.17, 15) is 97.4 Å². The molecule has 3 N–H and O–H groups in total. The number of alkyl halides is 14. The van der Waals surface area contributed by atoms with Crippen molar-refractivity contribution >= 4 is 22.8 Å². The molecule has 1 amide bonds. The van der Waals surface area contributed by atoms with Crippen molar-refractivity contribution in [2.75, 3.05) is 0 Å². The first-order valence-corrected chi connectivity index (χ1v) is 24.9. The van der Waals surface area contributed by atoms with Crippen LogP contribution in [-0.4, -0.2) is 36.2 Å². The van der Waals surface area contributed by atoms with Crippen LogP contribution >= 0.6 is 11.6 Å². The Balaban J connectivity index is 0.000000236. The van der Waals surface area contributed by atoms with Gasteiger partial charge in [-0.05, 0) is 136 Å². The van der Waals surface area contributed by atoms with Crippen LogP contribution in [0.25, 0.3) is 0 Å². The highest BCUT2D eigenvalue weighted by Crippen LogP contribution is 2.41. The van der Waals surface area contributed by atoms with Crippen LogP contribution in [0.5, 0.6) is 11.5 Å². The highest BCUT2D eigenvalue weighted by atomic mass is 35.5. The second-order valence-electron chi connectivity index (χ2n) is 18.6. The zero-order valence-corrected chi connectivity index (χ0v) is 44.3. The molecule has 27 heteroatoms. The number of rotatable bonds is 17. The maximum absolute atomic E-state index is 14.9. The van der Waals surface area contributed by atoms with Crippen LogP contribution < -0.4 is 20.5 Å². The zero-order valence-electron chi connectivity index (χ0n) is 43.5. The lowest BCUT2D eigenvalue weighted by molar-refractivity contribution is -0.253. The third-order valence-corrected chi connectivity index (χ3v) is 12.7. The Labute approximate surface area is 484 Å². The molecule has 0 unspecified atom stereocenters. The number of ether oxygens (including phenoxy) is 2. The summed E-state index contributed by atoms with van der Waals surface area (Å²) >= 11 is 4.95. The largest absolute Gasteiger partial charge is 0.461 e. The van der Waals surface area contributed by atoms with Crippen LogP contribution in [0.15, 0.2) is 182 Å². The summed E-state index contributed by atoms with van der Waals surface area (Å²) in [5.74, 6) is -9.78. The predicted molar refractivity (Wildman–Crippen MR) is 275 cm³/mol. The number of benzene rings is 8. The summed E-state index contributed by atoms with van der Waals surface area (Å²) in [4.78, 5) is 24.0. The van der Waals surface area contributed by atoms with Crippen LogP contribution in [0.3, 0.4) is 0 Å². The van der Waals surface area contributed by atoms with E-state index in [-0.39, 0.29) is 41.2 Å². The van der Waals surface area contributed by atoms with Gasteiger partial charge in [-0.15, -0.1) is 0 Å². The summed E-state index contributed by atoms with van der Waals surface area (Å²) in [6.07, 6.45) is -28.5. The molecule has 8 aromatic carbocycles. The van der Waals surface area contributed by atoms with Gasteiger partial charge in [0.1, 0.15) is 46.4 Å². The van der Waals surface area contributed by atoms with E-state index in [0.29, 0.717) is 41.5 Å². The lowest BCUT2D eigenvalue weighted by Crippen LogP contribution is -2.48. The lowest BCUT2D eigenvalue weighted by Gasteiger charge is -2.37. The maximum Gasteiger partial charge on any atom is 0.461 e. The van der Waals surface area contributed by atoms with Gasteiger partial charge in [0.15, 0.2) is 0 Å². The molecule has 0 aromatic heterocycles. The Morgan fingerprint density at radius 1 is 0.437 bits per heavy atom. The van der Waals surface area contributed by atoms with Gasteiger partial charge in [0.2, 0.25) is 0 Å². The molecule has 8 aromatic rings. The Morgan fingerprint density at radius 3 is 1.25 bits per heavy atom. The molecule has 0 aliphatic carbocycles. The van der Waals surface area contributed by atoms with Gasteiger partial charge in [-0.1, -0.05) is 84.9 Å². The van der Waals surface area contributed by atoms with Gasteiger partial charge < -0.3 is 20.5 Å². The smallest absolute Gasteiger partial charge is 0.428 e. The lowest BCUT2D eigenvalue weighted by atomic mass is 9.77. The fourth-order valence-corrected chi connectivity index (χ4v) is 8.51. The molecule has 6 nitrogen and oxygen atoms in total. The molecule has 0 fully saturated rings. The van der Waals surface area contributed by atoms with Crippen molar-refractivity contribution < 1.29 is 107 Å². The second kappa shape index (κ2) is 27.4. The standard InChI is InChI=1S/C30H19F10NO2.C22H17F6NO.C8H3ClF4O/c31-21-9-7-19(8-10-21)28(16-17-4-2-1-3-5-17,20-13-22(32)15-23(14-20)43-30(39,40)27(34)35)41-26(42)18-6-11-25(33)24(12-18)29(36,37)38;23-17-8-6-15(7-9-17)21(29,13-14-4-2-1-3-5-14)16-10-18(24)12-19(11-16)30-22(27,28)20(25)26;9-7(14)4-1-2-6(10)5(3-4)8(11,12)13/h1-15,27H,16H2,(H,41,42);1-12,20H,13,29H2;1-3H/t28-;21-;/m11./s1. The molecule has 460 valence electrons. The molecule has 0 aliphatic rings. The molecular weight excluding hydrogens is 1230 g/mol. The summed E-state index contributed by atoms with van der Waals surface area (Å²) in [6.45, 7) is 0. The van der Waals surface area contributed by atoms with Crippen molar-refractivity contribution in [2.45, 2.75) is 61.3 Å². The topological polar surface area (TPSA) is 90.7 Å². The van der Waals surface area contributed by atoms with Gasteiger partial charge in [0, 0.05) is 29.7 Å². The number of hydrogen-bond donors (Lipinski definition) is 2. The van der Waals surface area contributed by atoms with Crippen LogP contribution in [0.1, 0.15) is 65.2 Å². The van der Waals surface area contributed by atoms with Gasteiger partial charge in [-0.2, -0.15) is 61.5 Å². The summed E-state index contributed by atoms with van der Waals surface area (Å²) in [6, 6.07) is 33.6. The van der Waals surface area contributed by atoms with Crippen molar-refractivity contribution in [3.63, 3.8) is 0 Å². The zero-order chi connectivity index (χ0) is 64.5. The number of amides is 1. The van der Waals surface area contributed by atoms with Crippen LogP contribution in [0.2, 0.25) is 0 Å². The molecule has 0 spiro atoms. The van der Waals surface area contributed by atoms with Crippen molar-refractivity contribution in [3.05, 3.63) is 273 Å². The third-order valence-electron chi connectivity index (χ3n) is 12.5. The number of nitrogens with two attached hydrogens (primary N) is 1. The van der Waals surface area contributed by atoms with Gasteiger partial charge in [0.05, 0.1) is 22.2 Å². The Hall–Kier alpha value is -8.65. The summed E-state index contributed by atoms with van der Waals surface area (Å²) in [5.41, 5.74) is -0.179.